The van der Waals surface area contributed by atoms with Gasteiger partial charge < -0.3 is 15.0 Å². The summed E-state index contributed by atoms with van der Waals surface area (Å²) in [5.41, 5.74) is 0.385. The molecule has 22 heavy (non-hydrogen) atoms. The van der Waals surface area contributed by atoms with Crippen molar-refractivity contribution in [2.24, 2.45) is 0 Å². The molecule has 0 saturated heterocycles. The van der Waals surface area contributed by atoms with Gasteiger partial charge in [-0.05, 0) is 26.0 Å². The summed E-state index contributed by atoms with van der Waals surface area (Å²) < 4.78 is 54.8. The van der Waals surface area contributed by atoms with Crippen molar-refractivity contribution < 1.29 is 27.1 Å². The van der Waals surface area contributed by atoms with Gasteiger partial charge in [0.1, 0.15) is 6.54 Å². The Morgan fingerprint density at radius 3 is 2.45 bits per heavy atom. The van der Waals surface area contributed by atoms with Gasteiger partial charge in [-0.25, -0.2) is 4.39 Å². The number of nitrogens with one attached hydrogen (secondary N) is 1. The summed E-state index contributed by atoms with van der Waals surface area (Å²) in [6, 6.07) is 3.91. The van der Waals surface area contributed by atoms with Crippen molar-refractivity contribution >= 4 is 11.6 Å². The van der Waals surface area contributed by atoms with Gasteiger partial charge >= 0.3 is 6.18 Å². The van der Waals surface area contributed by atoms with Crippen molar-refractivity contribution in [3.8, 4) is 5.75 Å². The summed E-state index contributed by atoms with van der Waals surface area (Å²) in [6.45, 7) is 1.80. The molecule has 1 aromatic carbocycles. The molecular weight excluding hydrogens is 304 g/mol. The number of rotatable bonds is 6. The molecule has 0 radical (unpaired) electrons. The number of carbonyl (C=O) groups excluding carboxylic acids is 1. The fourth-order valence-electron chi connectivity index (χ4n) is 1.82. The number of carbonyl (C=O) groups is 1. The number of nitrogens with zero attached hydrogens (tertiary/aromatic N) is 1. The van der Waals surface area contributed by atoms with Crippen molar-refractivity contribution in [1.29, 1.82) is 0 Å². The first-order valence-electron chi connectivity index (χ1n) is 6.57. The minimum absolute atomic E-state index is 0.0500. The van der Waals surface area contributed by atoms with Crippen molar-refractivity contribution in [3.63, 3.8) is 0 Å². The minimum Gasteiger partial charge on any atom is -0.494 e. The first-order valence-corrected chi connectivity index (χ1v) is 6.57. The van der Waals surface area contributed by atoms with E-state index < -0.39 is 24.4 Å². The van der Waals surface area contributed by atoms with E-state index in [0.717, 1.165) is 0 Å². The molecule has 0 aliphatic carbocycles. The molecule has 1 aromatic rings. The van der Waals surface area contributed by atoms with E-state index in [2.05, 4.69) is 0 Å². The van der Waals surface area contributed by atoms with Gasteiger partial charge in [-0.3, -0.25) is 4.79 Å². The molecule has 0 unspecified atom stereocenters. The SMILES string of the molecule is COc1ccc(N(CC(=O)NCC(F)(F)F)C(C)C)cc1F. The van der Waals surface area contributed by atoms with Crippen LogP contribution in [-0.4, -0.2) is 38.3 Å². The van der Waals surface area contributed by atoms with Gasteiger partial charge in [-0.2, -0.15) is 13.2 Å². The molecule has 0 aromatic heterocycles. The van der Waals surface area contributed by atoms with E-state index in [1.54, 1.807) is 25.2 Å². The van der Waals surface area contributed by atoms with Crippen LogP contribution in [0.1, 0.15) is 13.8 Å². The molecule has 1 amide bonds. The second kappa shape index (κ2) is 7.33. The van der Waals surface area contributed by atoms with Gasteiger partial charge in [0.05, 0.1) is 13.7 Å². The zero-order valence-corrected chi connectivity index (χ0v) is 12.5. The summed E-state index contributed by atoms with van der Waals surface area (Å²) in [4.78, 5) is 13.1. The average molecular weight is 322 g/mol. The van der Waals surface area contributed by atoms with E-state index in [9.17, 15) is 22.4 Å². The lowest BCUT2D eigenvalue weighted by Gasteiger charge is -2.28. The number of ether oxygens (including phenoxy) is 1. The molecule has 1 N–H and O–H groups in total. The molecule has 8 heteroatoms. The van der Waals surface area contributed by atoms with Gasteiger partial charge in [0.15, 0.2) is 11.6 Å². The van der Waals surface area contributed by atoms with Crippen molar-refractivity contribution in [1.82, 2.24) is 5.32 Å². The monoisotopic (exact) mass is 322 g/mol. The molecule has 124 valence electrons. The van der Waals surface area contributed by atoms with E-state index in [-0.39, 0.29) is 18.3 Å². The highest BCUT2D eigenvalue weighted by Crippen LogP contribution is 2.24. The molecular formula is C14H18F4N2O2. The van der Waals surface area contributed by atoms with Crippen LogP contribution in [0.15, 0.2) is 18.2 Å². The second-order valence-corrected chi connectivity index (χ2v) is 4.93. The smallest absolute Gasteiger partial charge is 0.405 e. The molecule has 0 heterocycles. The van der Waals surface area contributed by atoms with E-state index in [1.165, 1.54) is 24.1 Å². The summed E-state index contributed by atoms with van der Waals surface area (Å²) >= 11 is 0. The van der Waals surface area contributed by atoms with Crippen LogP contribution >= 0.6 is 0 Å². The third-order valence-electron chi connectivity index (χ3n) is 2.89. The predicted molar refractivity (Wildman–Crippen MR) is 74.5 cm³/mol. The van der Waals surface area contributed by atoms with Crippen LogP contribution in [0.3, 0.4) is 0 Å². The number of methoxy groups -OCH3 is 1. The number of alkyl halides is 3. The van der Waals surface area contributed by atoms with Gasteiger partial charge in [0.2, 0.25) is 5.91 Å². The van der Waals surface area contributed by atoms with Gasteiger partial charge in [-0.1, -0.05) is 0 Å². The third-order valence-corrected chi connectivity index (χ3v) is 2.89. The Hall–Kier alpha value is -1.99. The van der Waals surface area contributed by atoms with Gasteiger partial charge in [0.25, 0.3) is 0 Å². The molecule has 4 nitrogen and oxygen atoms in total. The maximum Gasteiger partial charge on any atom is 0.405 e. The maximum absolute atomic E-state index is 13.7. The molecule has 0 bridgehead atoms. The van der Waals surface area contributed by atoms with Gasteiger partial charge in [-0.15, -0.1) is 0 Å². The fourth-order valence-corrected chi connectivity index (χ4v) is 1.82. The molecule has 0 saturated carbocycles. The van der Waals surface area contributed by atoms with E-state index in [4.69, 9.17) is 4.74 Å². The molecule has 0 fully saturated rings. The molecule has 0 aliphatic heterocycles. The number of amides is 1. The molecule has 0 atom stereocenters. The number of hydrogen-bond donors (Lipinski definition) is 1. The standard InChI is InChI=1S/C14H18F4N2O2/c1-9(2)20(7-13(21)19-8-14(16,17)18)10-4-5-12(22-3)11(15)6-10/h4-6,9H,7-8H2,1-3H3,(H,19,21). The van der Waals surface area contributed by atoms with Crippen LogP contribution in [-0.2, 0) is 4.79 Å². The predicted octanol–water partition coefficient (Wildman–Crippen LogP) is 2.73. The van der Waals surface area contributed by atoms with Crippen LogP contribution in [0.2, 0.25) is 0 Å². The van der Waals surface area contributed by atoms with E-state index >= 15 is 0 Å². The van der Waals surface area contributed by atoms with Crippen LogP contribution in [0.4, 0.5) is 23.2 Å². The first-order chi connectivity index (χ1) is 10.1. The third kappa shape index (κ3) is 5.42. The van der Waals surface area contributed by atoms with Crippen LogP contribution in [0, 0.1) is 5.82 Å². The van der Waals surface area contributed by atoms with Crippen molar-refractivity contribution in [3.05, 3.63) is 24.0 Å². The summed E-state index contributed by atoms with van der Waals surface area (Å²) in [5, 5.41) is 1.79. The lowest BCUT2D eigenvalue weighted by atomic mass is 10.2. The van der Waals surface area contributed by atoms with E-state index in [0.29, 0.717) is 5.69 Å². The highest BCUT2D eigenvalue weighted by atomic mass is 19.4. The van der Waals surface area contributed by atoms with Crippen LogP contribution in [0.5, 0.6) is 5.75 Å². The average Bonchev–Trinajstić information content (AvgIpc) is 2.41. The normalized spacial score (nSPS) is 11.5. The molecule has 0 aliphatic rings. The van der Waals surface area contributed by atoms with Crippen molar-refractivity contribution in [2.75, 3.05) is 25.1 Å². The topological polar surface area (TPSA) is 41.6 Å². The lowest BCUT2D eigenvalue weighted by Crippen LogP contribution is -2.43. The van der Waals surface area contributed by atoms with Crippen LogP contribution in [0.25, 0.3) is 0 Å². The van der Waals surface area contributed by atoms with Crippen molar-refractivity contribution in [2.45, 2.75) is 26.1 Å². The van der Waals surface area contributed by atoms with Gasteiger partial charge in [0, 0.05) is 17.8 Å². The Labute approximate surface area is 126 Å². The van der Waals surface area contributed by atoms with E-state index in [1.807, 2.05) is 0 Å². The zero-order chi connectivity index (χ0) is 16.9. The highest BCUT2D eigenvalue weighted by Gasteiger charge is 2.28. The minimum atomic E-state index is -4.47. The summed E-state index contributed by atoms with van der Waals surface area (Å²) in [7, 11) is 1.32. The Morgan fingerprint density at radius 2 is 2.00 bits per heavy atom. The van der Waals surface area contributed by atoms with Crippen LogP contribution < -0.4 is 15.0 Å². The summed E-state index contributed by atoms with van der Waals surface area (Å²) in [5.74, 6) is -1.35. The molecule has 1 rings (SSSR count). The summed E-state index contributed by atoms with van der Waals surface area (Å²) in [6.07, 6.45) is -4.47. The number of hydrogen-bond acceptors (Lipinski definition) is 3. The quantitative estimate of drug-likeness (QED) is 0.819. The lowest BCUT2D eigenvalue weighted by molar-refractivity contribution is -0.137. The Morgan fingerprint density at radius 1 is 1.36 bits per heavy atom. The Bertz CT molecular complexity index is 518. The Balaban J connectivity index is 2.82. The fraction of sp³-hybridized carbons (Fsp3) is 0.500. The largest absolute Gasteiger partial charge is 0.494 e. The highest BCUT2D eigenvalue weighted by molar-refractivity contribution is 5.81. The Kier molecular flexibility index (Phi) is 6.01. The number of halogens is 4. The molecule has 0 spiro atoms. The second-order valence-electron chi connectivity index (χ2n) is 4.93. The first kappa shape index (κ1) is 18.1. The number of anilines is 1. The number of benzene rings is 1. The zero-order valence-electron chi connectivity index (χ0n) is 12.5. The maximum atomic E-state index is 13.7.